The second-order valence-electron chi connectivity index (χ2n) is 6.18. The topological polar surface area (TPSA) is 100 Å². The van der Waals surface area contributed by atoms with Gasteiger partial charge in [0.05, 0.1) is 12.2 Å². The van der Waals surface area contributed by atoms with Crippen molar-refractivity contribution in [2.75, 3.05) is 25.1 Å². The lowest BCUT2D eigenvalue weighted by Gasteiger charge is -2.17. The Morgan fingerprint density at radius 2 is 1.93 bits per heavy atom. The van der Waals surface area contributed by atoms with Gasteiger partial charge in [0.15, 0.2) is 6.10 Å². The minimum Gasteiger partial charge on any atom is -0.493 e. The molecule has 0 saturated heterocycles. The number of hydrogen-bond acceptors (Lipinski definition) is 8. The maximum absolute atomic E-state index is 12.6. The van der Waals surface area contributed by atoms with Gasteiger partial charge in [-0.1, -0.05) is 30.3 Å². The number of benzene rings is 1. The maximum Gasteiger partial charge on any atom is 0.377 e. The molecule has 1 atom stereocenters. The van der Waals surface area contributed by atoms with Gasteiger partial charge < -0.3 is 24.3 Å². The van der Waals surface area contributed by atoms with E-state index in [-0.39, 0.29) is 24.5 Å². The van der Waals surface area contributed by atoms with E-state index in [0.29, 0.717) is 11.6 Å². The van der Waals surface area contributed by atoms with Gasteiger partial charge in [0.2, 0.25) is 5.76 Å². The number of hydrogen-bond donors (Lipinski definition) is 1. The number of anilines is 1. The smallest absolute Gasteiger partial charge is 0.377 e. The van der Waals surface area contributed by atoms with Gasteiger partial charge >= 0.3 is 11.9 Å². The van der Waals surface area contributed by atoms with Crippen molar-refractivity contribution in [2.45, 2.75) is 20.0 Å². The lowest BCUT2D eigenvalue weighted by Crippen LogP contribution is -2.31. The lowest BCUT2D eigenvalue weighted by atomic mass is 10.1. The van der Waals surface area contributed by atoms with Crippen LogP contribution in [0.25, 0.3) is 10.4 Å². The fraction of sp³-hybridized carbons (Fsp3) is 0.286. The molecule has 0 fully saturated rings. The Labute approximate surface area is 177 Å². The molecule has 0 spiro atoms. The molecular formula is C21H21NO7S. The molecule has 1 aliphatic rings. The van der Waals surface area contributed by atoms with Crippen LogP contribution >= 0.6 is 11.3 Å². The molecule has 0 aliphatic carbocycles. The van der Waals surface area contributed by atoms with Crippen molar-refractivity contribution >= 4 is 34.2 Å². The maximum atomic E-state index is 12.6. The van der Waals surface area contributed by atoms with Gasteiger partial charge in [0.25, 0.3) is 5.91 Å². The van der Waals surface area contributed by atoms with Gasteiger partial charge in [-0.15, -0.1) is 11.3 Å². The van der Waals surface area contributed by atoms with Crippen LogP contribution in [0.2, 0.25) is 0 Å². The molecule has 2 aromatic rings. The molecule has 30 heavy (non-hydrogen) atoms. The summed E-state index contributed by atoms with van der Waals surface area (Å²) in [4.78, 5) is 37.8. The van der Waals surface area contributed by atoms with Crippen molar-refractivity contribution in [3.05, 3.63) is 54.0 Å². The van der Waals surface area contributed by atoms with Gasteiger partial charge in [-0.3, -0.25) is 4.79 Å². The third-order valence-corrected chi connectivity index (χ3v) is 5.13. The molecule has 0 unspecified atom stereocenters. The van der Waals surface area contributed by atoms with Gasteiger partial charge in [-0.25, -0.2) is 9.59 Å². The Balaban J connectivity index is 1.75. The second-order valence-corrected chi connectivity index (χ2v) is 7.23. The third kappa shape index (κ3) is 5.18. The summed E-state index contributed by atoms with van der Waals surface area (Å²) >= 11 is 1.23. The average molecular weight is 431 g/mol. The standard InChI is InChI=1S/C21H21NO7S/c1-3-27-20(24)15-11-17(14-7-5-4-6-8-14)30-19(15)22-18(23)13(2)29-21(25)16-12-26-9-10-28-16/h4-8,11-13H,3,9-10H2,1-2H3,(H,22,23)/t13-/m1/s1. The van der Waals surface area contributed by atoms with E-state index in [0.717, 1.165) is 16.7 Å². The minimum atomic E-state index is -1.12. The average Bonchev–Trinajstić information content (AvgIpc) is 3.19. The quantitative estimate of drug-likeness (QED) is 0.671. The summed E-state index contributed by atoms with van der Waals surface area (Å²) < 4.78 is 20.4. The van der Waals surface area contributed by atoms with E-state index >= 15 is 0 Å². The number of carbonyl (C=O) groups excluding carboxylic acids is 3. The molecule has 3 rings (SSSR count). The highest BCUT2D eigenvalue weighted by Gasteiger charge is 2.26. The molecule has 1 N–H and O–H groups in total. The van der Waals surface area contributed by atoms with Crippen LogP contribution in [0.5, 0.6) is 0 Å². The first-order chi connectivity index (χ1) is 14.5. The first-order valence-corrected chi connectivity index (χ1v) is 10.1. The number of nitrogens with one attached hydrogen (secondary N) is 1. The first-order valence-electron chi connectivity index (χ1n) is 9.32. The highest BCUT2D eigenvalue weighted by Crippen LogP contribution is 2.36. The molecule has 0 saturated carbocycles. The molecule has 1 aromatic heterocycles. The van der Waals surface area contributed by atoms with E-state index in [2.05, 4.69) is 5.32 Å². The van der Waals surface area contributed by atoms with E-state index in [1.54, 1.807) is 13.0 Å². The predicted octanol–water partition coefficient (Wildman–Crippen LogP) is 3.35. The summed E-state index contributed by atoms with van der Waals surface area (Å²) in [7, 11) is 0. The van der Waals surface area contributed by atoms with E-state index in [4.69, 9.17) is 18.9 Å². The number of carbonyl (C=O) groups is 3. The van der Waals surface area contributed by atoms with Crippen LogP contribution in [0.15, 0.2) is 48.4 Å². The number of amides is 1. The van der Waals surface area contributed by atoms with Gasteiger partial charge in [-0.05, 0) is 25.5 Å². The highest BCUT2D eigenvalue weighted by molar-refractivity contribution is 7.20. The van der Waals surface area contributed by atoms with Gasteiger partial charge in [0.1, 0.15) is 24.5 Å². The molecule has 1 aromatic carbocycles. The Morgan fingerprint density at radius 1 is 1.17 bits per heavy atom. The normalized spacial score (nSPS) is 13.9. The molecule has 1 aliphatic heterocycles. The molecule has 1 amide bonds. The second kappa shape index (κ2) is 9.93. The SMILES string of the molecule is CCOC(=O)c1cc(-c2ccccc2)sc1NC(=O)[C@@H](C)OC(=O)C1=COCCO1. The summed E-state index contributed by atoms with van der Waals surface area (Å²) in [6.45, 7) is 3.89. The summed E-state index contributed by atoms with van der Waals surface area (Å²) in [6.07, 6.45) is 0.0297. The van der Waals surface area contributed by atoms with E-state index < -0.39 is 23.9 Å². The molecule has 2 heterocycles. The molecule has 0 radical (unpaired) electrons. The lowest BCUT2D eigenvalue weighted by molar-refractivity contribution is -0.153. The Hall–Kier alpha value is -3.33. The zero-order valence-electron chi connectivity index (χ0n) is 16.5. The van der Waals surface area contributed by atoms with Crippen molar-refractivity contribution < 1.29 is 33.3 Å². The van der Waals surface area contributed by atoms with Crippen LogP contribution in [-0.4, -0.2) is 43.8 Å². The molecule has 0 bridgehead atoms. The van der Waals surface area contributed by atoms with Crippen molar-refractivity contribution in [3.8, 4) is 10.4 Å². The Morgan fingerprint density at radius 3 is 2.60 bits per heavy atom. The van der Waals surface area contributed by atoms with Crippen LogP contribution < -0.4 is 5.32 Å². The Kier molecular flexibility index (Phi) is 7.08. The number of ether oxygens (including phenoxy) is 4. The van der Waals surface area contributed by atoms with Crippen molar-refractivity contribution in [1.82, 2.24) is 0 Å². The van der Waals surface area contributed by atoms with E-state index in [9.17, 15) is 14.4 Å². The van der Waals surface area contributed by atoms with Gasteiger partial charge in [-0.2, -0.15) is 0 Å². The van der Waals surface area contributed by atoms with E-state index in [1.165, 1.54) is 18.3 Å². The highest BCUT2D eigenvalue weighted by atomic mass is 32.1. The fourth-order valence-corrected chi connectivity index (χ4v) is 3.60. The van der Waals surface area contributed by atoms with Crippen LogP contribution in [-0.2, 0) is 28.5 Å². The van der Waals surface area contributed by atoms with Crippen LogP contribution in [0.4, 0.5) is 5.00 Å². The predicted molar refractivity (Wildman–Crippen MR) is 110 cm³/mol. The van der Waals surface area contributed by atoms with Crippen molar-refractivity contribution in [1.29, 1.82) is 0 Å². The summed E-state index contributed by atoms with van der Waals surface area (Å²) in [5.41, 5.74) is 1.13. The molecule has 158 valence electrons. The zero-order valence-corrected chi connectivity index (χ0v) is 17.3. The third-order valence-electron chi connectivity index (χ3n) is 4.03. The Bertz CT molecular complexity index is 952. The van der Waals surface area contributed by atoms with E-state index in [1.807, 2.05) is 30.3 Å². The fourth-order valence-electron chi connectivity index (χ4n) is 2.55. The molecular weight excluding hydrogens is 410 g/mol. The van der Waals surface area contributed by atoms with Gasteiger partial charge in [0, 0.05) is 4.88 Å². The molecule has 8 nitrogen and oxygen atoms in total. The zero-order chi connectivity index (χ0) is 21.5. The largest absolute Gasteiger partial charge is 0.493 e. The summed E-state index contributed by atoms with van der Waals surface area (Å²) in [5.74, 6) is -2.05. The van der Waals surface area contributed by atoms with Crippen LogP contribution in [0, 0.1) is 0 Å². The monoisotopic (exact) mass is 431 g/mol. The number of thiophene rings is 1. The van der Waals surface area contributed by atoms with Crippen molar-refractivity contribution in [3.63, 3.8) is 0 Å². The summed E-state index contributed by atoms with van der Waals surface area (Å²) in [6, 6.07) is 11.1. The number of esters is 2. The van der Waals surface area contributed by atoms with Crippen molar-refractivity contribution in [2.24, 2.45) is 0 Å². The van der Waals surface area contributed by atoms with Crippen LogP contribution in [0.1, 0.15) is 24.2 Å². The van der Waals surface area contributed by atoms with Crippen LogP contribution in [0.3, 0.4) is 0 Å². The molecule has 9 heteroatoms. The first kappa shape index (κ1) is 21.4. The summed E-state index contributed by atoms with van der Waals surface area (Å²) in [5, 5.41) is 2.97. The minimum absolute atomic E-state index is 0.101. The number of rotatable bonds is 7.